The molecule has 0 aliphatic carbocycles. The van der Waals surface area contributed by atoms with Gasteiger partial charge >= 0.3 is 0 Å². The lowest BCUT2D eigenvalue weighted by molar-refractivity contribution is 0.462. The highest BCUT2D eigenvalue weighted by molar-refractivity contribution is 5.86. The molecule has 0 fully saturated rings. The SMILES string of the molecule is CCc1ccccc1Oc1nc(-c2ccccc2O)nc2ccccc12. The summed E-state index contributed by atoms with van der Waals surface area (Å²) in [4.78, 5) is 9.21. The summed E-state index contributed by atoms with van der Waals surface area (Å²) in [6.45, 7) is 2.09. The highest BCUT2D eigenvalue weighted by Crippen LogP contribution is 2.33. The van der Waals surface area contributed by atoms with Crippen LogP contribution in [0.25, 0.3) is 22.3 Å². The van der Waals surface area contributed by atoms with E-state index in [1.807, 2.05) is 54.6 Å². The maximum absolute atomic E-state index is 10.2. The molecule has 0 unspecified atom stereocenters. The first-order chi connectivity index (χ1) is 12.8. The molecule has 0 spiro atoms. The van der Waals surface area contributed by atoms with Gasteiger partial charge in [-0.1, -0.05) is 49.4 Å². The molecule has 0 amide bonds. The average Bonchev–Trinajstić information content (AvgIpc) is 2.68. The van der Waals surface area contributed by atoms with Gasteiger partial charge in [0, 0.05) is 0 Å². The summed E-state index contributed by atoms with van der Waals surface area (Å²) in [5, 5.41) is 11.0. The van der Waals surface area contributed by atoms with E-state index in [1.54, 1.807) is 18.2 Å². The van der Waals surface area contributed by atoms with Crippen molar-refractivity contribution in [2.24, 2.45) is 0 Å². The first-order valence-corrected chi connectivity index (χ1v) is 8.57. The van der Waals surface area contributed by atoms with Gasteiger partial charge < -0.3 is 9.84 Å². The van der Waals surface area contributed by atoms with Crippen LogP contribution in [0.4, 0.5) is 0 Å². The van der Waals surface area contributed by atoms with Crippen molar-refractivity contribution in [2.45, 2.75) is 13.3 Å². The highest BCUT2D eigenvalue weighted by Gasteiger charge is 2.14. The van der Waals surface area contributed by atoms with Crippen LogP contribution >= 0.6 is 0 Å². The third-order valence-electron chi connectivity index (χ3n) is 4.27. The molecule has 0 radical (unpaired) electrons. The molecule has 0 bridgehead atoms. The van der Waals surface area contributed by atoms with Crippen molar-refractivity contribution < 1.29 is 9.84 Å². The quantitative estimate of drug-likeness (QED) is 0.542. The van der Waals surface area contributed by atoms with Crippen LogP contribution in [-0.4, -0.2) is 15.1 Å². The van der Waals surface area contributed by atoms with Crippen LogP contribution < -0.4 is 4.74 Å². The van der Waals surface area contributed by atoms with Gasteiger partial charge in [-0.25, -0.2) is 4.98 Å². The van der Waals surface area contributed by atoms with Crippen molar-refractivity contribution in [3.05, 3.63) is 78.4 Å². The van der Waals surface area contributed by atoms with Crippen molar-refractivity contribution in [1.29, 1.82) is 0 Å². The molecular formula is C22H18N2O2. The average molecular weight is 342 g/mol. The Labute approximate surface area is 151 Å². The Morgan fingerprint density at radius 1 is 0.846 bits per heavy atom. The second-order valence-electron chi connectivity index (χ2n) is 5.95. The van der Waals surface area contributed by atoms with Gasteiger partial charge in [0.15, 0.2) is 5.82 Å². The van der Waals surface area contributed by atoms with Crippen LogP contribution in [0.3, 0.4) is 0 Å². The minimum atomic E-state index is 0.141. The third kappa shape index (κ3) is 2.97. The molecule has 128 valence electrons. The maximum atomic E-state index is 10.2. The van der Waals surface area contributed by atoms with Gasteiger partial charge in [0.2, 0.25) is 5.88 Å². The largest absolute Gasteiger partial charge is 0.507 e. The topological polar surface area (TPSA) is 55.2 Å². The van der Waals surface area contributed by atoms with Crippen LogP contribution in [0.15, 0.2) is 72.8 Å². The van der Waals surface area contributed by atoms with Gasteiger partial charge in [-0.3, -0.25) is 0 Å². The van der Waals surface area contributed by atoms with E-state index >= 15 is 0 Å². The van der Waals surface area contributed by atoms with E-state index in [0.29, 0.717) is 17.3 Å². The van der Waals surface area contributed by atoms with E-state index in [-0.39, 0.29) is 5.75 Å². The Bertz CT molecular complexity index is 1080. The first kappa shape index (κ1) is 16.1. The van der Waals surface area contributed by atoms with E-state index in [0.717, 1.165) is 28.6 Å². The number of phenolic OH excluding ortho intramolecular Hbond substituents is 1. The number of hydrogen-bond donors (Lipinski definition) is 1. The number of fused-ring (bicyclic) bond motifs is 1. The lowest BCUT2D eigenvalue weighted by atomic mass is 10.1. The Hall–Kier alpha value is -3.40. The fourth-order valence-corrected chi connectivity index (χ4v) is 2.91. The molecule has 3 aromatic carbocycles. The van der Waals surface area contributed by atoms with Crippen LogP contribution in [0.2, 0.25) is 0 Å². The van der Waals surface area contributed by atoms with Crippen molar-refractivity contribution in [2.75, 3.05) is 0 Å². The number of aromatic nitrogens is 2. The van der Waals surface area contributed by atoms with Crippen LogP contribution in [0.1, 0.15) is 12.5 Å². The molecule has 4 nitrogen and oxygen atoms in total. The zero-order valence-electron chi connectivity index (χ0n) is 14.4. The van der Waals surface area contributed by atoms with E-state index in [1.165, 1.54) is 0 Å². The van der Waals surface area contributed by atoms with Crippen molar-refractivity contribution in [3.63, 3.8) is 0 Å². The second-order valence-corrected chi connectivity index (χ2v) is 5.95. The van der Waals surface area contributed by atoms with Gasteiger partial charge in [0.05, 0.1) is 16.5 Å². The Morgan fingerprint density at radius 2 is 1.58 bits per heavy atom. The van der Waals surface area contributed by atoms with Gasteiger partial charge in [0.25, 0.3) is 0 Å². The van der Waals surface area contributed by atoms with Crippen LogP contribution in [-0.2, 0) is 6.42 Å². The molecule has 0 saturated heterocycles. The predicted octanol–water partition coefficient (Wildman–Crippen LogP) is 5.36. The molecule has 1 heterocycles. The molecule has 4 heteroatoms. The molecular weight excluding hydrogens is 324 g/mol. The number of phenols is 1. The minimum Gasteiger partial charge on any atom is -0.507 e. The van der Waals surface area contributed by atoms with E-state index in [9.17, 15) is 5.11 Å². The van der Waals surface area contributed by atoms with Gasteiger partial charge in [-0.15, -0.1) is 0 Å². The molecule has 26 heavy (non-hydrogen) atoms. The summed E-state index contributed by atoms with van der Waals surface area (Å²) >= 11 is 0. The third-order valence-corrected chi connectivity index (χ3v) is 4.27. The molecule has 4 aromatic rings. The lowest BCUT2D eigenvalue weighted by Crippen LogP contribution is -1.97. The van der Waals surface area contributed by atoms with Gasteiger partial charge in [-0.2, -0.15) is 4.98 Å². The number of nitrogens with zero attached hydrogens (tertiary/aromatic N) is 2. The Morgan fingerprint density at radius 3 is 2.42 bits per heavy atom. The number of aryl methyl sites for hydroxylation is 1. The zero-order valence-corrected chi connectivity index (χ0v) is 14.4. The zero-order chi connectivity index (χ0) is 17.9. The van der Waals surface area contributed by atoms with Crippen molar-refractivity contribution >= 4 is 10.9 Å². The van der Waals surface area contributed by atoms with Gasteiger partial charge in [-0.05, 0) is 42.3 Å². The Balaban J connectivity index is 1.89. The molecule has 0 aliphatic heterocycles. The fraction of sp³-hybridized carbons (Fsp3) is 0.0909. The van der Waals surface area contributed by atoms with Crippen molar-refractivity contribution in [3.8, 4) is 28.8 Å². The number of hydrogen-bond acceptors (Lipinski definition) is 4. The molecule has 0 atom stereocenters. The number of benzene rings is 3. The highest BCUT2D eigenvalue weighted by atomic mass is 16.5. The fourth-order valence-electron chi connectivity index (χ4n) is 2.91. The number of aromatic hydroxyl groups is 1. The molecule has 0 aliphatic rings. The normalized spacial score (nSPS) is 10.8. The van der Waals surface area contributed by atoms with Crippen LogP contribution in [0, 0.1) is 0 Å². The molecule has 1 aromatic heterocycles. The smallest absolute Gasteiger partial charge is 0.230 e. The monoisotopic (exact) mass is 342 g/mol. The number of para-hydroxylation sites is 3. The minimum absolute atomic E-state index is 0.141. The maximum Gasteiger partial charge on any atom is 0.230 e. The summed E-state index contributed by atoms with van der Waals surface area (Å²) in [5.41, 5.74) is 2.45. The van der Waals surface area contributed by atoms with E-state index < -0.39 is 0 Å². The Kier molecular flexibility index (Phi) is 4.23. The summed E-state index contributed by atoms with van der Waals surface area (Å²) in [6.07, 6.45) is 0.867. The summed E-state index contributed by atoms with van der Waals surface area (Å²) in [7, 11) is 0. The second kappa shape index (κ2) is 6.84. The number of ether oxygens (including phenoxy) is 1. The van der Waals surface area contributed by atoms with E-state index in [4.69, 9.17) is 4.74 Å². The number of rotatable bonds is 4. The first-order valence-electron chi connectivity index (χ1n) is 8.57. The molecule has 4 rings (SSSR count). The standard InChI is InChI=1S/C22H18N2O2/c1-2-15-9-3-8-14-20(15)26-22-16-10-4-6-12-18(16)23-21(24-22)17-11-5-7-13-19(17)25/h3-14,25H,2H2,1H3. The lowest BCUT2D eigenvalue weighted by Gasteiger charge is -2.13. The van der Waals surface area contributed by atoms with Crippen molar-refractivity contribution in [1.82, 2.24) is 9.97 Å². The molecule has 1 N–H and O–H groups in total. The van der Waals surface area contributed by atoms with E-state index in [2.05, 4.69) is 16.9 Å². The van der Waals surface area contributed by atoms with Crippen LogP contribution in [0.5, 0.6) is 17.4 Å². The summed E-state index contributed by atoms with van der Waals surface area (Å²) < 4.78 is 6.18. The molecule has 0 saturated carbocycles. The predicted molar refractivity (Wildman–Crippen MR) is 103 cm³/mol. The van der Waals surface area contributed by atoms with Gasteiger partial charge in [0.1, 0.15) is 11.5 Å². The summed E-state index contributed by atoms with van der Waals surface area (Å²) in [6, 6.07) is 22.7. The summed E-state index contributed by atoms with van der Waals surface area (Å²) in [5.74, 6) is 1.84.